The average molecular weight is 273 g/mol. The minimum absolute atomic E-state index is 0.221. The molecule has 3 heteroatoms. The van der Waals surface area contributed by atoms with Gasteiger partial charge in [-0.3, -0.25) is 0 Å². The molecular formula is C17H23NO2. The average Bonchev–Trinajstić information content (AvgIpc) is 2.89. The van der Waals surface area contributed by atoms with Gasteiger partial charge in [-0.1, -0.05) is 37.1 Å². The van der Waals surface area contributed by atoms with E-state index in [0.29, 0.717) is 0 Å². The van der Waals surface area contributed by atoms with Crippen LogP contribution in [0.2, 0.25) is 0 Å². The molecule has 0 aliphatic heterocycles. The Bertz CT molecular complexity index is 509. The number of nitrogens with zero attached hydrogens (tertiary/aromatic N) is 1. The Morgan fingerprint density at radius 2 is 1.95 bits per heavy atom. The number of isocyanates is 1. The standard InChI is InChI=1S/C17H23NO2/c1-16(2,20-3)12-14-8-4-5-9-15(14)17(18-13-19)10-6-7-11-17/h4-5,8-9H,6-7,10-12H2,1-3H3. The zero-order valence-electron chi connectivity index (χ0n) is 12.6. The number of ether oxygens (including phenoxy) is 1. The van der Waals surface area contributed by atoms with E-state index in [9.17, 15) is 4.79 Å². The minimum Gasteiger partial charge on any atom is -0.378 e. The Kier molecular flexibility index (Phi) is 4.42. The lowest BCUT2D eigenvalue weighted by atomic mass is 9.82. The van der Waals surface area contributed by atoms with Gasteiger partial charge < -0.3 is 4.74 Å². The molecule has 1 aromatic rings. The summed E-state index contributed by atoms with van der Waals surface area (Å²) >= 11 is 0. The third-order valence-electron chi connectivity index (χ3n) is 4.38. The molecule has 20 heavy (non-hydrogen) atoms. The van der Waals surface area contributed by atoms with Gasteiger partial charge in [0.2, 0.25) is 6.08 Å². The highest BCUT2D eigenvalue weighted by Crippen LogP contribution is 2.44. The summed E-state index contributed by atoms with van der Waals surface area (Å²) in [5.74, 6) is 0. The largest absolute Gasteiger partial charge is 0.378 e. The highest BCUT2D eigenvalue weighted by molar-refractivity contribution is 5.42. The molecule has 0 spiro atoms. The van der Waals surface area contributed by atoms with Crippen LogP contribution in [0.25, 0.3) is 0 Å². The summed E-state index contributed by atoms with van der Waals surface area (Å²) in [6, 6.07) is 8.29. The van der Waals surface area contributed by atoms with Crippen LogP contribution in [-0.2, 0) is 21.5 Å². The molecule has 2 rings (SSSR count). The summed E-state index contributed by atoms with van der Waals surface area (Å²) in [7, 11) is 1.73. The van der Waals surface area contributed by atoms with Crippen molar-refractivity contribution in [2.75, 3.05) is 7.11 Å². The van der Waals surface area contributed by atoms with Gasteiger partial charge in [-0.25, -0.2) is 4.79 Å². The van der Waals surface area contributed by atoms with Crippen LogP contribution in [0, 0.1) is 0 Å². The molecule has 3 nitrogen and oxygen atoms in total. The zero-order valence-corrected chi connectivity index (χ0v) is 12.6. The number of methoxy groups -OCH3 is 1. The lowest BCUT2D eigenvalue weighted by Gasteiger charge is -2.29. The first-order valence-corrected chi connectivity index (χ1v) is 7.26. The number of carbonyl (C=O) groups excluding carboxylic acids is 1. The quantitative estimate of drug-likeness (QED) is 0.605. The van der Waals surface area contributed by atoms with Gasteiger partial charge >= 0.3 is 0 Å². The van der Waals surface area contributed by atoms with Crippen molar-refractivity contribution < 1.29 is 9.53 Å². The molecule has 0 aromatic heterocycles. The number of benzene rings is 1. The Morgan fingerprint density at radius 1 is 1.30 bits per heavy atom. The van der Waals surface area contributed by atoms with Gasteiger partial charge in [0.05, 0.1) is 11.1 Å². The van der Waals surface area contributed by atoms with Crippen molar-refractivity contribution in [3.05, 3.63) is 35.4 Å². The lowest BCUT2D eigenvalue weighted by molar-refractivity contribution is 0.0228. The van der Waals surface area contributed by atoms with Crippen LogP contribution in [0.15, 0.2) is 29.3 Å². The van der Waals surface area contributed by atoms with E-state index in [1.165, 1.54) is 11.1 Å². The van der Waals surface area contributed by atoms with Crippen molar-refractivity contribution in [1.82, 2.24) is 0 Å². The number of hydrogen-bond donors (Lipinski definition) is 0. The van der Waals surface area contributed by atoms with E-state index in [0.717, 1.165) is 32.1 Å². The van der Waals surface area contributed by atoms with E-state index in [1.807, 2.05) is 12.1 Å². The van der Waals surface area contributed by atoms with Crippen LogP contribution in [0.4, 0.5) is 0 Å². The third kappa shape index (κ3) is 3.00. The molecule has 0 heterocycles. The third-order valence-corrected chi connectivity index (χ3v) is 4.38. The number of hydrogen-bond acceptors (Lipinski definition) is 3. The van der Waals surface area contributed by atoms with Crippen LogP contribution >= 0.6 is 0 Å². The molecule has 1 aliphatic rings. The summed E-state index contributed by atoms with van der Waals surface area (Å²) < 4.78 is 5.54. The van der Waals surface area contributed by atoms with Crippen LogP contribution in [0.3, 0.4) is 0 Å². The van der Waals surface area contributed by atoms with Crippen molar-refractivity contribution in [3.63, 3.8) is 0 Å². The molecule has 0 unspecified atom stereocenters. The zero-order chi connectivity index (χ0) is 14.6. The van der Waals surface area contributed by atoms with Crippen molar-refractivity contribution >= 4 is 6.08 Å². The van der Waals surface area contributed by atoms with Crippen molar-refractivity contribution in [2.24, 2.45) is 4.99 Å². The van der Waals surface area contributed by atoms with Gasteiger partial charge in [0, 0.05) is 13.5 Å². The summed E-state index contributed by atoms with van der Waals surface area (Å²) in [4.78, 5) is 15.1. The normalized spacial score (nSPS) is 17.8. The highest BCUT2D eigenvalue weighted by Gasteiger charge is 2.37. The van der Waals surface area contributed by atoms with Crippen LogP contribution in [-0.4, -0.2) is 18.8 Å². The van der Waals surface area contributed by atoms with Crippen molar-refractivity contribution in [3.8, 4) is 0 Å². The summed E-state index contributed by atoms with van der Waals surface area (Å²) in [5, 5.41) is 0. The fraction of sp³-hybridized carbons (Fsp3) is 0.588. The molecule has 1 aromatic carbocycles. The topological polar surface area (TPSA) is 38.7 Å². The molecule has 0 saturated heterocycles. The van der Waals surface area contributed by atoms with Gasteiger partial charge in [-0.2, -0.15) is 4.99 Å². The number of aliphatic imine (C=N–C) groups is 1. The maximum atomic E-state index is 10.9. The fourth-order valence-electron chi connectivity index (χ4n) is 3.15. The van der Waals surface area contributed by atoms with Crippen LogP contribution in [0.1, 0.15) is 50.7 Å². The molecule has 1 saturated carbocycles. The summed E-state index contributed by atoms with van der Waals surface area (Å²) in [6.07, 6.45) is 6.72. The van der Waals surface area contributed by atoms with Crippen molar-refractivity contribution in [1.29, 1.82) is 0 Å². The van der Waals surface area contributed by atoms with Gasteiger partial charge in [0.1, 0.15) is 0 Å². The second-order valence-corrected chi connectivity index (χ2v) is 6.24. The van der Waals surface area contributed by atoms with Crippen LogP contribution in [0.5, 0.6) is 0 Å². The van der Waals surface area contributed by atoms with E-state index in [2.05, 4.69) is 31.0 Å². The Labute approximate surface area is 121 Å². The second-order valence-electron chi connectivity index (χ2n) is 6.24. The summed E-state index contributed by atoms with van der Waals surface area (Å²) in [6.45, 7) is 4.15. The highest BCUT2D eigenvalue weighted by atomic mass is 16.5. The molecule has 1 aliphatic carbocycles. The predicted octanol–water partition coefficient (Wildman–Crippen LogP) is 3.76. The second kappa shape index (κ2) is 5.90. The Hall–Kier alpha value is -1.44. The van der Waals surface area contributed by atoms with E-state index < -0.39 is 0 Å². The molecular weight excluding hydrogens is 250 g/mol. The van der Waals surface area contributed by atoms with Gasteiger partial charge in [0.15, 0.2) is 0 Å². The van der Waals surface area contributed by atoms with Crippen molar-refractivity contribution in [2.45, 2.75) is 57.1 Å². The first-order chi connectivity index (χ1) is 9.53. The molecule has 108 valence electrons. The number of rotatable bonds is 5. The van der Waals surface area contributed by atoms with E-state index in [-0.39, 0.29) is 11.1 Å². The fourth-order valence-corrected chi connectivity index (χ4v) is 3.15. The monoisotopic (exact) mass is 273 g/mol. The van der Waals surface area contributed by atoms with Crippen LogP contribution < -0.4 is 0 Å². The summed E-state index contributed by atoms with van der Waals surface area (Å²) in [5.41, 5.74) is 1.81. The molecule has 1 fully saturated rings. The Morgan fingerprint density at radius 3 is 2.55 bits per heavy atom. The Balaban J connectivity index is 2.43. The first-order valence-electron chi connectivity index (χ1n) is 7.26. The molecule has 0 N–H and O–H groups in total. The van der Waals surface area contributed by atoms with Gasteiger partial charge in [-0.05, 0) is 37.8 Å². The minimum atomic E-state index is -0.359. The van der Waals surface area contributed by atoms with E-state index in [1.54, 1.807) is 13.2 Å². The lowest BCUT2D eigenvalue weighted by Crippen LogP contribution is -2.28. The smallest absolute Gasteiger partial charge is 0.235 e. The maximum Gasteiger partial charge on any atom is 0.235 e. The van der Waals surface area contributed by atoms with Gasteiger partial charge in [-0.15, -0.1) is 0 Å². The molecule has 0 radical (unpaired) electrons. The van der Waals surface area contributed by atoms with E-state index >= 15 is 0 Å². The SMILES string of the molecule is COC(C)(C)Cc1ccccc1C1(N=C=O)CCCC1. The predicted molar refractivity (Wildman–Crippen MR) is 79.5 cm³/mol. The van der Waals surface area contributed by atoms with E-state index in [4.69, 9.17) is 4.74 Å². The van der Waals surface area contributed by atoms with Gasteiger partial charge in [0.25, 0.3) is 0 Å². The molecule has 0 atom stereocenters. The molecule has 0 bridgehead atoms. The first kappa shape index (κ1) is 15.0. The maximum absolute atomic E-state index is 10.9. The molecule has 0 amide bonds.